The summed E-state index contributed by atoms with van der Waals surface area (Å²) < 4.78 is 0. The highest BCUT2D eigenvalue weighted by atomic mass is 16.2. The largest absolute Gasteiger partial charge is 0.274 e. The molecule has 0 aliphatic carbocycles. The predicted octanol–water partition coefficient (Wildman–Crippen LogP) is 0.294. The molecule has 0 aromatic carbocycles. The molecular formula is C8H14N2O2. The minimum Gasteiger partial charge on any atom is -0.274 e. The summed E-state index contributed by atoms with van der Waals surface area (Å²) in [6.07, 6.45) is 0.529. The van der Waals surface area contributed by atoms with E-state index in [-0.39, 0.29) is 17.9 Å². The van der Waals surface area contributed by atoms with Gasteiger partial charge < -0.3 is 0 Å². The molecule has 1 heterocycles. The molecule has 0 bridgehead atoms. The van der Waals surface area contributed by atoms with Gasteiger partial charge in [-0.1, -0.05) is 6.92 Å². The molecule has 1 fully saturated rings. The van der Waals surface area contributed by atoms with Gasteiger partial charge in [0.15, 0.2) is 0 Å². The van der Waals surface area contributed by atoms with Gasteiger partial charge in [-0.3, -0.25) is 20.0 Å². The van der Waals surface area contributed by atoms with E-state index in [1.54, 1.807) is 0 Å². The number of carbonyl (C=O) groups excluding carboxylic acids is 2. The van der Waals surface area contributed by atoms with E-state index in [1.165, 1.54) is 11.9 Å². The zero-order chi connectivity index (χ0) is 9.30. The molecule has 0 aromatic rings. The lowest BCUT2D eigenvalue weighted by Gasteiger charge is -2.22. The second-order valence-corrected chi connectivity index (χ2v) is 3.35. The van der Waals surface area contributed by atoms with Gasteiger partial charge in [0.25, 0.3) is 0 Å². The Hall–Kier alpha value is -1.06. The monoisotopic (exact) mass is 170 g/mol. The van der Waals surface area contributed by atoms with Crippen LogP contribution in [0.2, 0.25) is 0 Å². The Labute approximate surface area is 71.9 Å². The summed E-state index contributed by atoms with van der Waals surface area (Å²) in [6.45, 7) is 5.35. The Morgan fingerprint density at radius 3 is 2.50 bits per heavy atom. The van der Waals surface area contributed by atoms with Gasteiger partial charge >= 0.3 is 0 Å². The SMILES string of the molecule is CC(=O)NN1C(=O)CC(C)C1C. The van der Waals surface area contributed by atoms with E-state index in [2.05, 4.69) is 5.43 Å². The van der Waals surface area contributed by atoms with Crippen molar-refractivity contribution >= 4 is 11.8 Å². The zero-order valence-electron chi connectivity index (χ0n) is 7.63. The van der Waals surface area contributed by atoms with Gasteiger partial charge in [-0.2, -0.15) is 0 Å². The van der Waals surface area contributed by atoms with Gasteiger partial charge in [0.1, 0.15) is 0 Å². The summed E-state index contributed by atoms with van der Waals surface area (Å²) in [7, 11) is 0. The number of rotatable bonds is 1. The van der Waals surface area contributed by atoms with E-state index in [0.717, 1.165) is 0 Å². The molecule has 0 radical (unpaired) electrons. The smallest absolute Gasteiger partial charge is 0.241 e. The standard InChI is InChI=1S/C8H14N2O2/c1-5-4-8(12)10(6(5)2)9-7(3)11/h5-6H,4H2,1-3H3,(H,9,11). The lowest BCUT2D eigenvalue weighted by molar-refractivity contribution is -0.138. The quantitative estimate of drug-likeness (QED) is 0.615. The Bertz CT molecular complexity index is 215. The van der Waals surface area contributed by atoms with E-state index in [1.807, 2.05) is 13.8 Å². The topological polar surface area (TPSA) is 49.4 Å². The molecule has 68 valence electrons. The molecule has 1 aliphatic heterocycles. The average Bonchev–Trinajstić information content (AvgIpc) is 2.16. The molecule has 1 N–H and O–H groups in total. The van der Waals surface area contributed by atoms with Crippen LogP contribution >= 0.6 is 0 Å². The van der Waals surface area contributed by atoms with Crippen molar-refractivity contribution in [3.63, 3.8) is 0 Å². The first-order valence-corrected chi connectivity index (χ1v) is 4.11. The van der Waals surface area contributed by atoms with E-state index in [9.17, 15) is 9.59 Å². The van der Waals surface area contributed by atoms with Crippen LogP contribution in [-0.2, 0) is 9.59 Å². The molecule has 1 aliphatic rings. The number of nitrogens with zero attached hydrogens (tertiary/aromatic N) is 1. The third kappa shape index (κ3) is 1.57. The molecule has 2 atom stereocenters. The fourth-order valence-corrected chi connectivity index (χ4v) is 1.36. The lowest BCUT2D eigenvalue weighted by Crippen LogP contribution is -2.46. The number of nitrogens with one attached hydrogen (secondary N) is 1. The van der Waals surface area contributed by atoms with E-state index in [0.29, 0.717) is 12.3 Å². The fraction of sp³-hybridized carbons (Fsp3) is 0.750. The number of hydrazine groups is 1. The van der Waals surface area contributed by atoms with Crippen molar-refractivity contribution in [2.75, 3.05) is 0 Å². The van der Waals surface area contributed by atoms with Crippen LogP contribution in [0.25, 0.3) is 0 Å². The maximum atomic E-state index is 11.2. The van der Waals surface area contributed by atoms with Crippen LogP contribution in [0.4, 0.5) is 0 Å². The molecular weight excluding hydrogens is 156 g/mol. The number of carbonyl (C=O) groups is 2. The van der Waals surface area contributed by atoms with Crippen LogP contribution in [0.15, 0.2) is 0 Å². The minimum absolute atomic E-state index is 0.00481. The maximum Gasteiger partial charge on any atom is 0.241 e. The molecule has 2 unspecified atom stereocenters. The van der Waals surface area contributed by atoms with Crippen molar-refractivity contribution in [1.82, 2.24) is 10.4 Å². The summed E-state index contributed by atoms with van der Waals surface area (Å²) in [5.41, 5.74) is 2.52. The second kappa shape index (κ2) is 3.13. The minimum atomic E-state index is -0.190. The van der Waals surface area contributed by atoms with Gasteiger partial charge in [0.2, 0.25) is 11.8 Å². The molecule has 0 saturated carbocycles. The van der Waals surface area contributed by atoms with Crippen LogP contribution < -0.4 is 5.43 Å². The average molecular weight is 170 g/mol. The van der Waals surface area contributed by atoms with E-state index in [4.69, 9.17) is 0 Å². The molecule has 0 spiro atoms. The summed E-state index contributed by atoms with van der Waals surface area (Å²) in [5.74, 6) is 0.138. The summed E-state index contributed by atoms with van der Waals surface area (Å²) >= 11 is 0. The van der Waals surface area contributed by atoms with Crippen LogP contribution in [0.1, 0.15) is 27.2 Å². The normalized spacial score (nSPS) is 29.2. The van der Waals surface area contributed by atoms with Crippen molar-refractivity contribution in [3.05, 3.63) is 0 Å². The first kappa shape index (κ1) is 9.03. The highest BCUT2D eigenvalue weighted by molar-refractivity contribution is 5.82. The second-order valence-electron chi connectivity index (χ2n) is 3.35. The van der Waals surface area contributed by atoms with E-state index >= 15 is 0 Å². The molecule has 4 nitrogen and oxygen atoms in total. The number of amides is 2. The Balaban J connectivity index is 2.63. The summed E-state index contributed by atoms with van der Waals surface area (Å²) in [5, 5.41) is 1.42. The first-order valence-electron chi connectivity index (χ1n) is 4.11. The van der Waals surface area contributed by atoms with Crippen LogP contribution in [-0.4, -0.2) is 22.9 Å². The van der Waals surface area contributed by atoms with Crippen molar-refractivity contribution in [1.29, 1.82) is 0 Å². The Kier molecular flexibility index (Phi) is 2.35. The highest BCUT2D eigenvalue weighted by Gasteiger charge is 2.34. The maximum absolute atomic E-state index is 11.2. The third-order valence-electron chi connectivity index (χ3n) is 2.27. The molecule has 12 heavy (non-hydrogen) atoms. The van der Waals surface area contributed by atoms with Crippen LogP contribution in [0.5, 0.6) is 0 Å². The predicted molar refractivity (Wildman–Crippen MR) is 43.9 cm³/mol. The Morgan fingerprint density at radius 2 is 2.17 bits per heavy atom. The number of hydrogen-bond donors (Lipinski definition) is 1. The molecule has 1 rings (SSSR count). The van der Waals surface area contributed by atoms with Crippen molar-refractivity contribution in [3.8, 4) is 0 Å². The van der Waals surface area contributed by atoms with Crippen molar-refractivity contribution in [2.45, 2.75) is 33.2 Å². The fourth-order valence-electron chi connectivity index (χ4n) is 1.36. The van der Waals surface area contributed by atoms with E-state index < -0.39 is 0 Å². The highest BCUT2D eigenvalue weighted by Crippen LogP contribution is 2.22. The van der Waals surface area contributed by atoms with Crippen LogP contribution in [0, 0.1) is 5.92 Å². The Morgan fingerprint density at radius 1 is 1.58 bits per heavy atom. The molecule has 1 saturated heterocycles. The zero-order valence-corrected chi connectivity index (χ0v) is 7.63. The van der Waals surface area contributed by atoms with Crippen molar-refractivity contribution in [2.24, 2.45) is 5.92 Å². The molecule has 4 heteroatoms. The number of hydrogen-bond acceptors (Lipinski definition) is 2. The molecule has 0 aromatic heterocycles. The summed E-state index contributed by atoms with van der Waals surface area (Å²) in [6, 6.07) is 0.112. The van der Waals surface area contributed by atoms with Crippen molar-refractivity contribution < 1.29 is 9.59 Å². The van der Waals surface area contributed by atoms with Gasteiger partial charge in [-0.15, -0.1) is 0 Å². The third-order valence-corrected chi connectivity index (χ3v) is 2.27. The summed E-state index contributed by atoms with van der Waals surface area (Å²) in [4.78, 5) is 21.9. The van der Waals surface area contributed by atoms with Crippen LogP contribution in [0.3, 0.4) is 0 Å². The van der Waals surface area contributed by atoms with Gasteiger partial charge in [0, 0.05) is 13.3 Å². The first-order chi connectivity index (χ1) is 5.52. The van der Waals surface area contributed by atoms with Gasteiger partial charge in [-0.25, -0.2) is 0 Å². The van der Waals surface area contributed by atoms with Gasteiger partial charge in [-0.05, 0) is 12.8 Å². The van der Waals surface area contributed by atoms with Gasteiger partial charge in [0.05, 0.1) is 6.04 Å². The molecule has 2 amide bonds. The lowest BCUT2D eigenvalue weighted by atomic mass is 10.1.